The van der Waals surface area contributed by atoms with E-state index in [0.29, 0.717) is 0 Å². The number of hydrogen-bond acceptors (Lipinski definition) is 2. The predicted molar refractivity (Wildman–Crippen MR) is 136 cm³/mol. The van der Waals surface area contributed by atoms with E-state index in [1.807, 2.05) is 12.1 Å². The summed E-state index contributed by atoms with van der Waals surface area (Å²) in [6.45, 7) is 0. The minimum Gasteiger partial charge on any atom is -0.310 e. The van der Waals surface area contributed by atoms with Crippen molar-refractivity contribution in [3.05, 3.63) is 107 Å². The van der Waals surface area contributed by atoms with Crippen LogP contribution in [0.5, 0.6) is 0 Å². The smallest absolute Gasteiger partial charge is 0.0499 e. The van der Waals surface area contributed by atoms with Gasteiger partial charge in [0.15, 0.2) is 0 Å². The summed E-state index contributed by atoms with van der Waals surface area (Å²) in [6.07, 6.45) is 6.76. The zero-order valence-corrected chi connectivity index (χ0v) is 18.5. The molecule has 0 atom stereocenters. The maximum absolute atomic E-state index is 6.53. The fraction of sp³-hybridized carbons (Fsp3) is 0.0714. The molecular formula is C28H20ClNS. The monoisotopic (exact) mass is 437 g/mol. The van der Waals surface area contributed by atoms with E-state index < -0.39 is 0 Å². The van der Waals surface area contributed by atoms with Gasteiger partial charge in [0.2, 0.25) is 0 Å². The molecule has 150 valence electrons. The molecule has 1 aromatic heterocycles. The molecule has 0 aliphatic heterocycles. The number of benzene rings is 4. The Morgan fingerprint density at radius 1 is 0.742 bits per heavy atom. The molecule has 0 bridgehead atoms. The number of anilines is 3. The summed E-state index contributed by atoms with van der Waals surface area (Å²) in [5.41, 5.74) is 6.23. The van der Waals surface area contributed by atoms with Crippen LogP contribution < -0.4 is 4.90 Å². The molecule has 0 radical (unpaired) electrons. The number of thiophene rings is 1. The van der Waals surface area contributed by atoms with Gasteiger partial charge in [-0.1, -0.05) is 60.2 Å². The van der Waals surface area contributed by atoms with E-state index in [9.17, 15) is 0 Å². The molecular weight excluding hydrogens is 418 g/mol. The molecule has 0 saturated heterocycles. The molecule has 3 heteroatoms. The van der Waals surface area contributed by atoms with Gasteiger partial charge in [-0.25, -0.2) is 0 Å². The Kier molecular flexibility index (Phi) is 4.56. The van der Waals surface area contributed by atoms with E-state index in [4.69, 9.17) is 11.6 Å². The van der Waals surface area contributed by atoms with Crippen molar-refractivity contribution in [2.24, 2.45) is 0 Å². The summed E-state index contributed by atoms with van der Waals surface area (Å²) >= 11 is 8.33. The maximum atomic E-state index is 6.53. The first-order valence-electron chi connectivity index (χ1n) is 10.5. The molecule has 1 aliphatic rings. The third-order valence-corrected chi connectivity index (χ3v) is 7.40. The molecule has 0 spiro atoms. The highest BCUT2D eigenvalue weighted by atomic mass is 35.5. The van der Waals surface area contributed by atoms with Crippen LogP contribution in [0.25, 0.3) is 26.2 Å². The Morgan fingerprint density at radius 3 is 2.48 bits per heavy atom. The van der Waals surface area contributed by atoms with Crippen LogP contribution >= 0.6 is 22.9 Å². The molecule has 5 aromatic rings. The predicted octanol–water partition coefficient (Wildman–Crippen LogP) is 9.14. The number of fused-ring (bicyclic) bond motifs is 4. The molecule has 6 rings (SSSR count). The van der Waals surface area contributed by atoms with Crippen LogP contribution in [0.3, 0.4) is 0 Å². The van der Waals surface area contributed by atoms with Crippen molar-refractivity contribution in [3.8, 4) is 0 Å². The van der Waals surface area contributed by atoms with Gasteiger partial charge in [0.25, 0.3) is 0 Å². The van der Waals surface area contributed by atoms with Crippen LogP contribution in [-0.4, -0.2) is 0 Å². The minimum absolute atomic E-state index is 0.817. The van der Waals surface area contributed by atoms with Gasteiger partial charge < -0.3 is 4.90 Å². The van der Waals surface area contributed by atoms with E-state index in [2.05, 4.69) is 89.8 Å². The fourth-order valence-electron chi connectivity index (χ4n) is 4.49. The zero-order valence-electron chi connectivity index (χ0n) is 16.9. The third-order valence-electron chi connectivity index (χ3n) is 5.97. The average Bonchev–Trinajstić information content (AvgIpc) is 3.19. The lowest BCUT2D eigenvalue weighted by molar-refractivity contribution is 0.985. The van der Waals surface area contributed by atoms with Crippen molar-refractivity contribution < 1.29 is 0 Å². The first kappa shape index (κ1) is 18.7. The molecule has 0 amide bonds. The van der Waals surface area contributed by atoms with Gasteiger partial charge in [-0.05, 0) is 72.5 Å². The van der Waals surface area contributed by atoms with Crippen molar-refractivity contribution in [2.75, 3.05) is 4.90 Å². The summed E-state index contributed by atoms with van der Waals surface area (Å²) in [5, 5.41) is 3.19. The first-order valence-corrected chi connectivity index (χ1v) is 11.7. The second kappa shape index (κ2) is 7.56. The number of rotatable bonds is 3. The Hall–Kier alpha value is -3.07. The third kappa shape index (κ3) is 3.23. The summed E-state index contributed by atoms with van der Waals surface area (Å²) in [5.74, 6) is 0. The highest BCUT2D eigenvalue weighted by Crippen LogP contribution is 2.42. The van der Waals surface area contributed by atoms with E-state index in [0.717, 1.165) is 34.6 Å². The maximum Gasteiger partial charge on any atom is 0.0499 e. The zero-order chi connectivity index (χ0) is 20.8. The Morgan fingerprint density at radius 2 is 1.58 bits per heavy atom. The van der Waals surface area contributed by atoms with Crippen LogP contribution in [0.2, 0.25) is 5.02 Å². The lowest BCUT2D eigenvalue weighted by Crippen LogP contribution is -2.10. The standard InChI is InChI=1S/C28H20ClNS/c29-25-11-6-12-26-28(25)24-16-15-23(18-27(24)31-26)30(21-9-2-1-3-10-21)22-14-13-19-7-4-5-8-20(19)17-22/h1-3,5-6,8-18H,4,7H2. The molecule has 0 saturated carbocycles. The van der Waals surface area contributed by atoms with Crippen LogP contribution in [-0.2, 0) is 6.42 Å². The van der Waals surface area contributed by atoms with Crippen molar-refractivity contribution in [1.82, 2.24) is 0 Å². The second-order valence-corrected chi connectivity index (χ2v) is 9.38. The number of allylic oxidation sites excluding steroid dienone is 1. The van der Waals surface area contributed by atoms with E-state index in [1.54, 1.807) is 11.3 Å². The van der Waals surface area contributed by atoms with E-state index >= 15 is 0 Å². The number of halogens is 1. The molecule has 0 unspecified atom stereocenters. The van der Waals surface area contributed by atoms with Crippen LogP contribution in [0.1, 0.15) is 17.5 Å². The summed E-state index contributed by atoms with van der Waals surface area (Å²) in [7, 11) is 0. The molecule has 1 aliphatic carbocycles. The van der Waals surface area contributed by atoms with Gasteiger partial charge >= 0.3 is 0 Å². The molecule has 1 nitrogen and oxygen atoms in total. The summed E-state index contributed by atoms with van der Waals surface area (Å²) in [6, 6.07) is 30.3. The average molecular weight is 438 g/mol. The molecule has 1 heterocycles. The number of nitrogens with zero attached hydrogens (tertiary/aromatic N) is 1. The largest absolute Gasteiger partial charge is 0.310 e. The SMILES string of the molecule is Clc1cccc2sc3cc(N(c4ccccc4)c4ccc5c(c4)C=CCC5)ccc3c12. The van der Waals surface area contributed by atoms with Crippen LogP contribution in [0, 0.1) is 0 Å². The molecule has 0 N–H and O–H groups in total. The van der Waals surface area contributed by atoms with Gasteiger partial charge in [0, 0.05) is 42.3 Å². The lowest BCUT2D eigenvalue weighted by atomic mass is 9.96. The van der Waals surface area contributed by atoms with Gasteiger partial charge in [0.05, 0.1) is 0 Å². The van der Waals surface area contributed by atoms with Gasteiger partial charge in [-0.2, -0.15) is 0 Å². The molecule has 31 heavy (non-hydrogen) atoms. The number of aryl methyl sites for hydroxylation is 1. The van der Waals surface area contributed by atoms with E-state index in [-0.39, 0.29) is 0 Å². The van der Waals surface area contributed by atoms with Gasteiger partial charge in [-0.3, -0.25) is 0 Å². The fourth-order valence-corrected chi connectivity index (χ4v) is 5.99. The first-order chi connectivity index (χ1) is 15.3. The van der Waals surface area contributed by atoms with Crippen molar-refractivity contribution in [1.29, 1.82) is 0 Å². The van der Waals surface area contributed by atoms with Crippen LogP contribution in [0.15, 0.2) is 91.0 Å². The number of para-hydroxylation sites is 1. The highest BCUT2D eigenvalue weighted by Gasteiger charge is 2.16. The highest BCUT2D eigenvalue weighted by molar-refractivity contribution is 7.26. The normalized spacial score (nSPS) is 12.9. The summed E-state index contributed by atoms with van der Waals surface area (Å²) < 4.78 is 2.48. The molecule has 0 fully saturated rings. The van der Waals surface area contributed by atoms with E-state index in [1.165, 1.54) is 31.6 Å². The van der Waals surface area contributed by atoms with Crippen LogP contribution in [0.4, 0.5) is 17.1 Å². The quantitative estimate of drug-likeness (QED) is 0.272. The lowest BCUT2D eigenvalue weighted by Gasteiger charge is -2.26. The van der Waals surface area contributed by atoms with Crippen molar-refractivity contribution in [2.45, 2.75) is 12.8 Å². The van der Waals surface area contributed by atoms with Gasteiger partial charge in [-0.15, -0.1) is 11.3 Å². The van der Waals surface area contributed by atoms with Crippen molar-refractivity contribution >= 4 is 66.2 Å². The summed E-state index contributed by atoms with van der Waals surface area (Å²) in [4.78, 5) is 2.34. The number of hydrogen-bond donors (Lipinski definition) is 0. The second-order valence-electron chi connectivity index (χ2n) is 7.89. The Labute approximate surface area is 190 Å². The van der Waals surface area contributed by atoms with Crippen molar-refractivity contribution in [3.63, 3.8) is 0 Å². The Balaban J connectivity index is 1.55. The Bertz CT molecular complexity index is 1450. The topological polar surface area (TPSA) is 3.24 Å². The van der Waals surface area contributed by atoms with Gasteiger partial charge in [0.1, 0.15) is 0 Å². The molecule has 4 aromatic carbocycles. The minimum atomic E-state index is 0.817.